The zero-order valence-corrected chi connectivity index (χ0v) is 20.8. The Bertz CT molecular complexity index is 1080. The molecule has 0 bridgehead atoms. The molecule has 2 aliphatic heterocycles. The highest BCUT2D eigenvalue weighted by molar-refractivity contribution is 5.97. The van der Waals surface area contributed by atoms with E-state index in [2.05, 4.69) is 16.0 Å². The summed E-state index contributed by atoms with van der Waals surface area (Å²) in [4.78, 5) is 39.9. The van der Waals surface area contributed by atoms with Gasteiger partial charge >= 0.3 is 6.03 Å². The van der Waals surface area contributed by atoms with Gasteiger partial charge < -0.3 is 20.9 Å². The minimum absolute atomic E-state index is 0.0552. The molecule has 8 heteroatoms. The highest BCUT2D eigenvalue weighted by Gasteiger charge is 2.38. The average Bonchev–Trinajstić information content (AvgIpc) is 2.86. The molecular formula is C28H35FN4O3. The molecule has 1 atom stereocenters. The fraction of sp³-hybridized carbons (Fsp3) is 0.464. The smallest absolute Gasteiger partial charge is 0.319 e. The van der Waals surface area contributed by atoms with Crippen molar-refractivity contribution in [1.29, 1.82) is 0 Å². The second kappa shape index (κ2) is 11.6. The summed E-state index contributed by atoms with van der Waals surface area (Å²) in [6, 6.07) is 13.0. The number of hydrogen-bond acceptors (Lipinski definition) is 4. The molecule has 0 spiro atoms. The Labute approximate surface area is 211 Å². The van der Waals surface area contributed by atoms with Gasteiger partial charge in [-0.1, -0.05) is 24.3 Å². The third kappa shape index (κ3) is 6.91. The van der Waals surface area contributed by atoms with Crippen LogP contribution in [0.15, 0.2) is 48.5 Å². The van der Waals surface area contributed by atoms with Gasteiger partial charge in [0.25, 0.3) is 0 Å². The summed E-state index contributed by atoms with van der Waals surface area (Å²) >= 11 is 0. The van der Waals surface area contributed by atoms with Crippen LogP contribution in [0.25, 0.3) is 0 Å². The number of hydrogen-bond donors (Lipinski definition) is 3. The summed E-state index contributed by atoms with van der Waals surface area (Å²) in [5.74, 6) is 0.0785. The molecule has 3 amide bonds. The zero-order valence-electron chi connectivity index (χ0n) is 20.8. The Morgan fingerprint density at radius 3 is 2.58 bits per heavy atom. The van der Waals surface area contributed by atoms with Crippen LogP contribution in [0.4, 0.5) is 14.9 Å². The van der Waals surface area contributed by atoms with Crippen molar-refractivity contribution in [3.05, 3.63) is 65.5 Å². The van der Waals surface area contributed by atoms with E-state index in [-0.39, 0.29) is 30.0 Å². The van der Waals surface area contributed by atoms with Gasteiger partial charge in [-0.3, -0.25) is 9.59 Å². The van der Waals surface area contributed by atoms with Crippen LogP contribution in [0.2, 0.25) is 0 Å². The van der Waals surface area contributed by atoms with Crippen molar-refractivity contribution >= 4 is 23.4 Å². The largest absolute Gasteiger partial charge is 0.342 e. The van der Waals surface area contributed by atoms with E-state index in [4.69, 9.17) is 0 Å². The van der Waals surface area contributed by atoms with Crippen LogP contribution in [0.1, 0.15) is 54.9 Å². The number of piperidine rings is 2. The molecular weight excluding hydrogens is 459 g/mol. The summed E-state index contributed by atoms with van der Waals surface area (Å²) in [5.41, 5.74) is 1.52. The molecule has 0 saturated carbocycles. The highest BCUT2D eigenvalue weighted by Crippen LogP contribution is 2.27. The van der Waals surface area contributed by atoms with Crippen LogP contribution in [0.3, 0.4) is 0 Å². The molecule has 3 N–H and O–H groups in total. The summed E-state index contributed by atoms with van der Waals surface area (Å²) in [5, 5.41) is 9.24. The Hall–Kier alpha value is -3.26. The van der Waals surface area contributed by atoms with E-state index in [1.54, 1.807) is 24.3 Å². The van der Waals surface area contributed by atoms with Gasteiger partial charge in [0.2, 0.25) is 5.91 Å². The van der Waals surface area contributed by atoms with Crippen LogP contribution in [-0.2, 0) is 11.2 Å². The first kappa shape index (κ1) is 25.8. The van der Waals surface area contributed by atoms with E-state index in [1.807, 2.05) is 17.0 Å². The predicted octanol–water partition coefficient (Wildman–Crippen LogP) is 4.14. The molecule has 4 rings (SSSR count). The fourth-order valence-corrected chi connectivity index (χ4v) is 5.28. The zero-order chi connectivity index (χ0) is 25.5. The van der Waals surface area contributed by atoms with E-state index in [1.165, 1.54) is 19.1 Å². The summed E-state index contributed by atoms with van der Waals surface area (Å²) in [7, 11) is 0. The number of nitrogens with zero attached hydrogens (tertiary/aromatic N) is 1. The van der Waals surface area contributed by atoms with E-state index >= 15 is 0 Å². The summed E-state index contributed by atoms with van der Waals surface area (Å²) in [6.45, 7) is 4.33. The standard InChI is InChI=1S/C28H35FN4O3/c1-20(34)23-5-2-6-25(17-23)31-27(36)32-28(11-13-30-14-12-28)18-26(35)33-15-3-4-22(19-33)16-21-7-9-24(29)10-8-21/h2,5-10,17,22,30H,3-4,11-16,18-19H2,1H3,(H2,31,32,36)/t22-/m0/s1. The van der Waals surface area contributed by atoms with Gasteiger partial charge in [-0.05, 0) is 87.9 Å². The number of likely N-dealkylation sites (tertiary alicyclic amines) is 1. The molecule has 2 heterocycles. The lowest BCUT2D eigenvalue weighted by molar-refractivity contribution is -0.134. The highest BCUT2D eigenvalue weighted by atomic mass is 19.1. The van der Waals surface area contributed by atoms with Gasteiger partial charge in [0, 0.05) is 24.3 Å². The molecule has 192 valence electrons. The van der Waals surface area contributed by atoms with Crippen LogP contribution in [-0.4, -0.2) is 54.3 Å². The van der Waals surface area contributed by atoms with Crippen LogP contribution in [0, 0.1) is 11.7 Å². The first-order valence-electron chi connectivity index (χ1n) is 12.7. The average molecular weight is 495 g/mol. The van der Waals surface area contributed by atoms with Gasteiger partial charge in [0.05, 0.1) is 12.0 Å². The molecule has 2 aromatic rings. The van der Waals surface area contributed by atoms with Gasteiger partial charge in [-0.15, -0.1) is 0 Å². The maximum absolute atomic E-state index is 13.4. The van der Waals surface area contributed by atoms with Crippen molar-refractivity contribution in [1.82, 2.24) is 15.5 Å². The number of Topliss-reactive ketones (excluding diaryl/α,β-unsaturated/α-hetero) is 1. The van der Waals surface area contributed by atoms with Crippen molar-refractivity contribution < 1.29 is 18.8 Å². The quantitative estimate of drug-likeness (QED) is 0.505. The number of urea groups is 1. The molecule has 0 radical (unpaired) electrons. The third-order valence-corrected chi connectivity index (χ3v) is 7.27. The maximum Gasteiger partial charge on any atom is 0.319 e. The number of benzene rings is 2. The Balaban J connectivity index is 1.38. The monoisotopic (exact) mass is 494 g/mol. The first-order chi connectivity index (χ1) is 17.3. The molecule has 7 nitrogen and oxygen atoms in total. The molecule has 0 aromatic heterocycles. The van der Waals surface area contributed by atoms with Crippen LogP contribution >= 0.6 is 0 Å². The normalized spacial score (nSPS) is 19.4. The summed E-state index contributed by atoms with van der Waals surface area (Å²) in [6.07, 6.45) is 4.36. The second-order valence-electron chi connectivity index (χ2n) is 10.1. The lowest BCUT2D eigenvalue weighted by Crippen LogP contribution is -2.58. The third-order valence-electron chi connectivity index (χ3n) is 7.27. The first-order valence-corrected chi connectivity index (χ1v) is 12.7. The van der Waals surface area contributed by atoms with E-state index in [9.17, 15) is 18.8 Å². The second-order valence-corrected chi connectivity index (χ2v) is 10.1. The van der Waals surface area contributed by atoms with E-state index < -0.39 is 5.54 Å². The predicted molar refractivity (Wildman–Crippen MR) is 137 cm³/mol. The van der Waals surface area contributed by atoms with Crippen molar-refractivity contribution in [3.8, 4) is 0 Å². The number of anilines is 1. The van der Waals surface area contributed by atoms with Gasteiger partial charge in [0.15, 0.2) is 5.78 Å². The molecule has 0 aliphatic carbocycles. The lowest BCUT2D eigenvalue weighted by atomic mass is 9.84. The van der Waals surface area contributed by atoms with Crippen LogP contribution in [0.5, 0.6) is 0 Å². The van der Waals surface area contributed by atoms with Crippen molar-refractivity contribution in [2.75, 3.05) is 31.5 Å². The van der Waals surface area contributed by atoms with Gasteiger partial charge in [0.1, 0.15) is 5.82 Å². The number of halogens is 1. The number of carbonyl (C=O) groups excluding carboxylic acids is 3. The number of nitrogens with one attached hydrogen (secondary N) is 3. The molecule has 2 saturated heterocycles. The number of ketones is 1. The fourth-order valence-electron chi connectivity index (χ4n) is 5.28. The van der Waals surface area contributed by atoms with Gasteiger partial charge in [-0.25, -0.2) is 9.18 Å². The maximum atomic E-state index is 13.4. The molecule has 36 heavy (non-hydrogen) atoms. The number of rotatable bonds is 7. The van der Waals surface area contributed by atoms with Gasteiger partial charge in [-0.2, -0.15) is 0 Å². The molecule has 2 fully saturated rings. The van der Waals surface area contributed by atoms with E-state index in [0.717, 1.165) is 44.5 Å². The Morgan fingerprint density at radius 1 is 1.11 bits per heavy atom. The Morgan fingerprint density at radius 2 is 1.86 bits per heavy atom. The molecule has 2 aliphatic rings. The minimum Gasteiger partial charge on any atom is -0.342 e. The number of amides is 3. The summed E-state index contributed by atoms with van der Waals surface area (Å²) < 4.78 is 13.2. The molecule has 0 unspecified atom stereocenters. The SMILES string of the molecule is CC(=O)c1cccc(NC(=O)NC2(CC(=O)N3CCC[C@@H](Cc4ccc(F)cc4)C3)CCNCC2)c1. The van der Waals surface area contributed by atoms with E-state index in [0.29, 0.717) is 36.6 Å². The Kier molecular flexibility index (Phi) is 8.36. The molecule has 2 aromatic carbocycles. The van der Waals surface area contributed by atoms with Crippen molar-refractivity contribution in [2.24, 2.45) is 5.92 Å². The topological polar surface area (TPSA) is 90.5 Å². The lowest BCUT2D eigenvalue weighted by Gasteiger charge is -2.40. The van der Waals surface area contributed by atoms with Crippen LogP contribution < -0.4 is 16.0 Å². The van der Waals surface area contributed by atoms with Crippen molar-refractivity contribution in [3.63, 3.8) is 0 Å². The minimum atomic E-state index is -0.630. The number of carbonyl (C=O) groups is 3. The van der Waals surface area contributed by atoms with Crippen molar-refractivity contribution in [2.45, 2.75) is 51.0 Å².